The van der Waals surface area contributed by atoms with Crippen molar-refractivity contribution in [2.75, 3.05) is 21.3 Å². The molecule has 1 aromatic heterocycles. The topological polar surface area (TPSA) is 98.4 Å². The Morgan fingerprint density at radius 1 is 1.08 bits per heavy atom. The van der Waals surface area contributed by atoms with Gasteiger partial charge in [0, 0.05) is 5.56 Å². The molecule has 0 spiro atoms. The van der Waals surface area contributed by atoms with Gasteiger partial charge in [0.2, 0.25) is 11.2 Å². The molecule has 1 heterocycles. The molecule has 7 nitrogen and oxygen atoms in total. The molecule has 0 bridgehead atoms. The number of fused-ring (bicyclic) bond motifs is 1. The van der Waals surface area contributed by atoms with E-state index < -0.39 is 11.5 Å². The van der Waals surface area contributed by atoms with E-state index in [0.29, 0.717) is 11.3 Å². The van der Waals surface area contributed by atoms with E-state index in [9.17, 15) is 15.0 Å². The van der Waals surface area contributed by atoms with Crippen molar-refractivity contribution in [2.24, 2.45) is 0 Å². The third-order valence-electron chi connectivity index (χ3n) is 4.09. The molecule has 2 aromatic rings. The van der Waals surface area contributed by atoms with Gasteiger partial charge < -0.3 is 28.8 Å². The monoisotopic (exact) mass is 346 g/mol. The Balaban J connectivity index is 2.20. The van der Waals surface area contributed by atoms with Crippen LogP contribution in [0.25, 0.3) is 11.3 Å². The van der Waals surface area contributed by atoms with Crippen LogP contribution in [-0.2, 0) is 11.2 Å². The number of ether oxygens (including phenoxy) is 3. The third-order valence-corrected chi connectivity index (χ3v) is 4.09. The molecule has 1 aliphatic carbocycles. The van der Waals surface area contributed by atoms with E-state index in [1.807, 2.05) is 0 Å². The number of aliphatic hydroxyl groups excluding tert-OH is 2. The normalized spacial score (nSPS) is 16.4. The summed E-state index contributed by atoms with van der Waals surface area (Å²) in [6.45, 7) is 0. The third kappa shape index (κ3) is 2.72. The van der Waals surface area contributed by atoms with Crippen LogP contribution in [0.4, 0.5) is 0 Å². The quantitative estimate of drug-likeness (QED) is 0.876. The fourth-order valence-electron chi connectivity index (χ4n) is 2.86. The molecule has 1 atom stereocenters. The number of hydrogen-bond acceptors (Lipinski definition) is 7. The van der Waals surface area contributed by atoms with Crippen LogP contribution in [0.2, 0.25) is 0 Å². The van der Waals surface area contributed by atoms with Crippen LogP contribution < -0.4 is 14.9 Å². The second kappa shape index (κ2) is 6.52. The highest BCUT2D eigenvalue weighted by atomic mass is 16.5. The summed E-state index contributed by atoms with van der Waals surface area (Å²) < 4.78 is 21.2. The number of aliphatic hydroxyl groups is 2. The zero-order valence-electron chi connectivity index (χ0n) is 14.0. The first-order chi connectivity index (χ1) is 12.0. The summed E-state index contributed by atoms with van der Waals surface area (Å²) >= 11 is 0. The summed E-state index contributed by atoms with van der Waals surface area (Å²) in [7, 11) is 4.22. The molecular weight excluding hydrogens is 328 g/mol. The van der Waals surface area contributed by atoms with Crippen molar-refractivity contribution in [2.45, 2.75) is 12.5 Å². The van der Waals surface area contributed by atoms with Crippen LogP contribution in [0.5, 0.6) is 11.5 Å². The Bertz CT molecular complexity index is 878. The average Bonchev–Trinajstić information content (AvgIpc) is 2.61. The summed E-state index contributed by atoms with van der Waals surface area (Å²) in [4.78, 5) is 12.8. The fourth-order valence-corrected chi connectivity index (χ4v) is 2.86. The molecule has 3 rings (SSSR count). The molecule has 0 aliphatic heterocycles. The van der Waals surface area contributed by atoms with Gasteiger partial charge in [-0.2, -0.15) is 0 Å². The van der Waals surface area contributed by atoms with E-state index in [0.717, 1.165) is 0 Å². The smallest absolute Gasteiger partial charge is 0.233 e. The van der Waals surface area contributed by atoms with Gasteiger partial charge in [-0.1, -0.05) is 0 Å². The molecule has 2 N–H and O–H groups in total. The first-order valence-corrected chi connectivity index (χ1v) is 7.54. The SMILES string of the molecule is COC1=C(O)Cc2oc(-c3ccc(OC)cc3)c(OC)c(=O)c2[C@H]1O. The van der Waals surface area contributed by atoms with Gasteiger partial charge in [0.15, 0.2) is 11.5 Å². The zero-order chi connectivity index (χ0) is 18.1. The predicted molar refractivity (Wildman–Crippen MR) is 88.8 cm³/mol. The maximum absolute atomic E-state index is 12.8. The fraction of sp³-hybridized carbons (Fsp3) is 0.278. The predicted octanol–water partition coefficient (Wildman–Crippen LogP) is 2.33. The Morgan fingerprint density at radius 3 is 2.32 bits per heavy atom. The van der Waals surface area contributed by atoms with E-state index in [1.54, 1.807) is 31.4 Å². The standard InChI is InChI=1S/C18H18O7/c1-22-10-6-4-9(5-7-10)16-18(24-3)15(21)13-12(25-16)8-11(19)17(23-2)14(13)20/h4-7,14,19-20H,8H2,1-3H3/t14-/m1/s1. The minimum absolute atomic E-state index is 0.00348. The summed E-state index contributed by atoms with van der Waals surface area (Å²) in [6, 6.07) is 6.90. The molecule has 0 unspecified atom stereocenters. The van der Waals surface area contributed by atoms with E-state index in [-0.39, 0.29) is 40.8 Å². The molecule has 7 heteroatoms. The van der Waals surface area contributed by atoms with E-state index in [4.69, 9.17) is 18.6 Å². The Labute approximate surface area is 143 Å². The van der Waals surface area contributed by atoms with Crippen LogP contribution in [0.15, 0.2) is 45.0 Å². The minimum atomic E-state index is -1.41. The highest BCUT2D eigenvalue weighted by molar-refractivity contribution is 5.66. The number of rotatable bonds is 4. The molecule has 0 amide bonds. The van der Waals surface area contributed by atoms with Gasteiger partial charge in [0.25, 0.3) is 0 Å². The van der Waals surface area contributed by atoms with Gasteiger partial charge in [-0.15, -0.1) is 0 Å². The molecule has 0 fully saturated rings. The maximum atomic E-state index is 12.8. The van der Waals surface area contributed by atoms with Gasteiger partial charge in [0.05, 0.1) is 33.3 Å². The summed E-state index contributed by atoms with van der Waals surface area (Å²) in [5.74, 6) is 0.760. The summed E-state index contributed by atoms with van der Waals surface area (Å²) in [6.07, 6.45) is -1.47. The molecule has 25 heavy (non-hydrogen) atoms. The lowest BCUT2D eigenvalue weighted by Gasteiger charge is -2.23. The van der Waals surface area contributed by atoms with Crippen LogP contribution in [0, 0.1) is 0 Å². The van der Waals surface area contributed by atoms with Gasteiger partial charge in [-0.25, -0.2) is 0 Å². The van der Waals surface area contributed by atoms with E-state index in [2.05, 4.69) is 0 Å². The lowest BCUT2D eigenvalue weighted by molar-refractivity contribution is 0.102. The van der Waals surface area contributed by atoms with Gasteiger partial charge in [-0.3, -0.25) is 4.79 Å². The van der Waals surface area contributed by atoms with Gasteiger partial charge in [-0.05, 0) is 24.3 Å². The van der Waals surface area contributed by atoms with Crippen LogP contribution in [0.1, 0.15) is 17.4 Å². The lowest BCUT2D eigenvalue weighted by atomic mass is 9.96. The average molecular weight is 346 g/mol. The Hall–Kier alpha value is -2.93. The number of hydrogen-bond donors (Lipinski definition) is 2. The van der Waals surface area contributed by atoms with Crippen molar-refractivity contribution in [1.82, 2.24) is 0 Å². The van der Waals surface area contributed by atoms with Crippen LogP contribution in [0.3, 0.4) is 0 Å². The maximum Gasteiger partial charge on any atom is 0.233 e. The molecule has 1 aliphatic rings. The van der Waals surface area contributed by atoms with Crippen molar-refractivity contribution >= 4 is 0 Å². The van der Waals surface area contributed by atoms with Crippen molar-refractivity contribution in [1.29, 1.82) is 0 Å². The molecule has 0 saturated carbocycles. The van der Waals surface area contributed by atoms with Crippen LogP contribution in [-0.4, -0.2) is 31.5 Å². The highest BCUT2D eigenvalue weighted by Gasteiger charge is 2.34. The molecular formula is C18H18O7. The van der Waals surface area contributed by atoms with Crippen molar-refractivity contribution in [3.63, 3.8) is 0 Å². The zero-order valence-corrected chi connectivity index (χ0v) is 14.0. The van der Waals surface area contributed by atoms with Crippen molar-refractivity contribution in [3.8, 4) is 22.8 Å². The van der Waals surface area contributed by atoms with E-state index >= 15 is 0 Å². The van der Waals surface area contributed by atoms with Crippen molar-refractivity contribution in [3.05, 3.63) is 57.3 Å². The van der Waals surface area contributed by atoms with Crippen LogP contribution >= 0.6 is 0 Å². The van der Waals surface area contributed by atoms with Crippen molar-refractivity contribution < 1.29 is 28.8 Å². The summed E-state index contributed by atoms with van der Waals surface area (Å²) in [5.41, 5.74) is 0.0981. The second-order valence-corrected chi connectivity index (χ2v) is 5.45. The van der Waals surface area contributed by atoms with Gasteiger partial charge in [0.1, 0.15) is 23.4 Å². The van der Waals surface area contributed by atoms with E-state index in [1.165, 1.54) is 14.2 Å². The number of methoxy groups -OCH3 is 3. The highest BCUT2D eigenvalue weighted by Crippen LogP contribution is 2.37. The number of allylic oxidation sites excluding steroid dienone is 1. The summed E-state index contributed by atoms with van der Waals surface area (Å²) in [5, 5.41) is 20.4. The first-order valence-electron chi connectivity index (χ1n) is 7.54. The lowest BCUT2D eigenvalue weighted by Crippen LogP contribution is -2.25. The Morgan fingerprint density at radius 2 is 1.76 bits per heavy atom. The minimum Gasteiger partial charge on any atom is -0.508 e. The largest absolute Gasteiger partial charge is 0.508 e. The second-order valence-electron chi connectivity index (χ2n) is 5.45. The molecule has 132 valence electrons. The molecule has 0 radical (unpaired) electrons. The first kappa shape index (κ1) is 16.9. The Kier molecular flexibility index (Phi) is 4.41. The molecule has 0 saturated heterocycles. The van der Waals surface area contributed by atoms with Gasteiger partial charge >= 0.3 is 0 Å². The molecule has 1 aromatic carbocycles. The number of benzene rings is 1.